The number of likely N-dealkylation sites (tertiary alicyclic amines) is 2. The maximum Gasteiger partial charge on any atom is 0.407 e. The number of hydrogen-bond donors (Lipinski definition) is 2. The maximum absolute atomic E-state index is 12.4. The number of carboxylic acid groups (broad SMARTS) is 1. The molecule has 124 valence electrons. The van der Waals surface area contributed by atoms with Crippen LogP contribution in [0.5, 0.6) is 0 Å². The summed E-state index contributed by atoms with van der Waals surface area (Å²) in [7, 11) is -3.84. The van der Waals surface area contributed by atoms with Gasteiger partial charge in [-0.1, -0.05) is 0 Å². The highest BCUT2D eigenvalue weighted by Gasteiger charge is 2.43. The molecule has 3 heterocycles. The average molecular weight is 340 g/mol. The summed E-state index contributed by atoms with van der Waals surface area (Å²) >= 11 is 0. The van der Waals surface area contributed by atoms with E-state index >= 15 is 0 Å². The number of sulfonamides is 1. The first kappa shape index (κ1) is 15.7. The zero-order valence-electron chi connectivity index (χ0n) is 12.1. The maximum atomic E-state index is 12.4. The fraction of sp³-hybridized carbons (Fsp3) is 0.462. The van der Waals surface area contributed by atoms with Gasteiger partial charge < -0.3 is 14.9 Å². The number of hydrogen-bond acceptors (Lipinski definition) is 5. The third-order valence-corrected chi connectivity index (χ3v) is 5.23. The molecule has 0 aliphatic carbocycles. The summed E-state index contributed by atoms with van der Waals surface area (Å²) in [4.78, 5) is 30.1. The molecule has 0 bridgehead atoms. The van der Waals surface area contributed by atoms with Crippen molar-refractivity contribution >= 4 is 22.0 Å². The molecule has 2 aliphatic heterocycles. The van der Waals surface area contributed by atoms with E-state index in [1.54, 1.807) is 4.90 Å². The molecule has 10 heteroatoms. The van der Waals surface area contributed by atoms with E-state index in [4.69, 9.17) is 10.2 Å². The van der Waals surface area contributed by atoms with Crippen molar-refractivity contribution in [1.29, 1.82) is 0 Å². The van der Waals surface area contributed by atoms with Gasteiger partial charge in [0.05, 0.1) is 0 Å². The van der Waals surface area contributed by atoms with E-state index < -0.39 is 16.1 Å². The molecule has 2 aliphatic rings. The van der Waals surface area contributed by atoms with Gasteiger partial charge in [0.25, 0.3) is 5.91 Å². The zero-order valence-corrected chi connectivity index (χ0v) is 12.9. The quantitative estimate of drug-likeness (QED) is 0.739. The number of nitrogens with two attached hydrogens (primary N) is 1. The van der Waals surface area contributed by atoms with E-state index in [2.05, 4.69) is 4.98 Å². The molecular formula is C13H16N4O5S. The molecule has 0 aromatic carbocycles. The number of carbonyl (C=O) groups excluding carboxylic acids is 1. The summed E-state index contributed by atoms with van der Waals surface area (Å²) in [5, 5.41) is 14.0. The predicted octanol–water partition coefficient (Wildman–Crippen LogP) is -0.589. The number of pyridine rings is 1. The van der Waals surface area contributed by atoms with Gasteiger partial charge in [-0.05, 0) is 12.1 Å². The first-order valence-electron chi connectivity index (χ1n) is 7.01. The van der Waals surface area contributed by atoms with Crippen molar-refractivity contribution in [3.63, 3.8) is 0 Å². The molecule has 0 radical (unpaired) electrons. The minimum Gasteiger partial charge on any atom is -0.465 e. The fourth-order valence-corrected chi connectivity index (χ4v) is 3.61. The number of carbonyl (C=O) groups is 2. The van der Waals surface area contributed by atoms with E-state index in [0.717, 1.165) is 6.20 Å². The number of rotatable bonds is 2. The second kappa shape index (κ2) is 5.46. The minimum atomic E-state index is -3.84. The minimum absolute atomic E-state index is 0.138. The molecule has 1 aromatic rings. The second-order valence-corrected chi connectivity index (χ2v) is 7.40. The molecular weight excluding hydrogens is 324 g/mol. The Hall–Kier alpha value is -2.20. The molecule has 2 saturated heterocycles. The summed E-state index contributed by atoms with van der Waals surface area (Å²) in [6, 6.07) is 2.58. The van der Waals surface area contributed by atoms with Crippen molar-refractivity contribution in [3.8, 4) is 0 Å². The Bertz CT molecular complexity index is 734. The highest BCUT2D eigenvalue weighted by Crippen LogP contribution is 2.31. The summed E-state index contributed by atoms with van der Waals surface area (Å²) in [6.45, 7) is 1.82. The predicted molar refractivity (Wildman–Crippen MR) is 78.1 cm³/mol. The van der Waals surface area contributed by atoms with Gasteiger partial charge >= 0.3 is 6.09 Å². The van der Waals surface area contributed by atoms with Crippen molar-refractivity contribution in [3.05, 3.63) is 24.0 Å². The number of amides is 2. The largest absolute Gasteiger partial charge is 0.465 e. The van der Waals surface area contributed by atoms with Gasteiger partial charge in [0, 0.05) is 44.2 Å². The smallest absolute Gasteiger partial charge is 0.407 e. The van der Waals surface area contributed by atoms with E-state index in [1.807, 2.05) is 0 Å². The van der Waals surface area contributed by atoms with Crippen LogP contribution in [0.15, 0.2) is 23.2 Å². The number of aromatic nitrogens is 1. The molecule has 9 nitrogen and oxygen atoms in total. The molecule has 3 rings (SSSR count). The lowest BCUT2D eigenvalue weighted by Gasteiger charge is -2.19. The van der Waals surface area contributed by atoms with Crippen molar-refractivity contribution in [2.24, 2.45) is 17.0 Å². The zero-order chi connectivity index (χ0) is 16.8. The van der Waals surface area contributed by atoms with Crippen LogP contribution < -0.4 is 5.14 Å². The van der Waals surface area contributed by atoms with Gasteiger partial charge in [-0.3, -0.25) is 4.79 Å². The molecule has 3 N–H and O–H groups in total. The van der Waals surface area contributed by atoms with Crippen LogP contribution in [-0.2, 0) is 10.0 Å². The Labute approximate surface area is 132 Å². The number of nitrogens with zero attached hydrogens (tertiary/aromatic N) is 3. The van der Waals surface area contributed by atoms with Crippen LogP contribution in [0.4, 0.5) is 4.79 Å². The summed E-state index contributed by atoms with van der Waals surface area (Å²) in [6.07, 6.45) is 0.128. The number of fused-ring (bicyclic) bond motifs is 1. The van der Waals surface area contributed by atoms with Crippen LogP contribution in [0.3, 0.4) is 0 Å². The Balaban J connectivity index is 1.68. The van der Waals surface area contributed by atoms with E-state index in [0.29, 0.717) is 26.2 Å². The molecule has 2 atom stereocenters. The normalized spacial score (nSPS) is 23.9. The topological polar surface area (TPSA) is 134 Å². The van der Waals surface area contributed by atoms with Crippen LogP contribution in [-0.4, -0.2) is 66.5 Å². The first-order valence-corrected chi connectivity index (χ1v) is 8.56. The van der Waals surface area contributed by atoms with Crippen LogP contribution >= 0.6 is 0 Å². The Morgan fingerprint density at radius 1 is 1.13 bits per heavy atom. The Morgan fingerprint density at radius 3 is 2.13 bits per heavy atom. The lowest BCUT2D eigenvalue weighted by Crippen LogP contribution is -2.35. The van der Waals surface area contributed by atoms with Crippen LogP contribution in [0.1, 0.15) is 10.5 Å². The highest BCUT2D eigenvalue weighted by molar-refractivity contribution is 7.89. The molecule has 0 saturated carbocycles. The van der Waals surface area contributed by atoms with Crippen molar-refractivity contribution < 1.29 is 23.1 Å². The molecule has 0 unspecified atom stereocenters. The van der Waals surface area contributed by atoms with E-state index in [-0.39, 0.29) is 28.3 Å². The number of primary sulfonamides is 1. The van der Waals surface area contributed by atoms with Gasteiger partial charge in [-0.25, -0.2) is 23.3 Å². The van der Waals surface area contributed by atoms with Crippen molar-refractivity contribution in [1.82, 2.24) is 14.8 Å². The van der Waals surface area contributed by atoms with Crippen LogP contribution in [0.25, 0.3) is 0 Å². The SMILES string of the molecule is NS(=O)(=O)c1ccc(C(=O)N2C[C@H]3CN(C(=O)O)C[C@@H]3C2)nc1. The van der Waals surface area contributed by atoms with Gasteiger partial charge in [0.2, 0.25) is 10.0 Å². The van der Waals surface area contributed by atoms with E-state index in [1.165, 1.54) is 17.0 Å². The third kappa shape index (κ3) is 2.99. The summed E-state index contributed by atoms with van der Waals surface area (Å²) < 4.78 is 22.4. The van der Waals surface area contributed by atoms with Gasteiger partial charge in [0.15, 0.2) is 0 Å². The lowest BCUT2D eigenvalue weighted by atomic mass is 10.0. The summed E-state index contributed by atoms with van der Waals surface area (Å²) in [5.74, 6) is -0.0141. The first-order chi connectivity index (χ1) is 10.8. The molecule has 23 heavy (non-hydrogen) atoms. The molecule has 2 amide bonds. The Kier molecular flexibility index (Phi) is 3.72. The van der Waals surface area contributed by atoms with Crippen LogP contribution in [0, 0.1) is 11.8 Å². The fourth-order valence-electron chi connectivity index (χ4n) is 3.15. The average Bonchev–Trinajstić information content (AvgIpc) is 3.04. The third-order valence-electron chi connectivity index (χ3n) is 4.33. The van der Waals surface area contributed by atoms with Crippen molar-refractivity contribution in [2.45, 2.75) is 4.90 Å². The van der Waals surface area contributed by atoms with Crippen molar-refractivity contribution in [2.75, 3.05) is 26.2 Å². The molecule has 0 spiro atoms. The summed E-state index contributed by atoms with van der Waals surface area (Å²) in [5.41, 5.74) is 0.146. The highest BCUT2D eigenvalue weighted by atomic mass is 32.2. The molecule has 2 fully saturated rings. The Morgan fingerprint density at radius 2 is 1.70 bits per heavy atom. The van der Waals surface area contributed by atoms with Crippen LogP contribution in [0.2, 0.25) is 0 Å². The van der Waals surface area contributed by atoms with E-state index in [9.17, 15) is 18.0 Å². The standard InChI is InChI=1S/C13H16N4O5S/c14-23(21,22)10-1-2-11(15-3-10)12(18)16-4-8-6-17(13(19)20)7-9(8)5-16/h1-3,8-9H,4-7H2,(H,19,20)(H2,14,21,22)/t8-,9-/m0/s1. The monoisotopic (exact) mass is 340 g/mol. The van der Waals surface area contributed by atoms with Gasteiger partial charge in [0.1, 0.15) is 10.6 Å². The second-order valence-electron chi connectivity index (χ2n) is 5.84. The van der Waals surface area contributed by atoms with Gasteiger partial charge in [-0.2, -0.15) is 0 Å². The lowest BCUT2D eigenvalue weighted by molar-refractivity contribution is 0.0768. The van der Waals surface area contributed by atoms with Gasteiger partial charge in [-0.15, -0.1) is 0 Å². The molecule has 1 aromatic heterocycles.